The Hall–Kier alpha value is -2.09. The number of aliphatic carboxylic acids is 1. The highest BCUT2D eigenvalue weighted by Gasteiger charge is 2.13. The number of carbonyl (C=O) groups is 1. The van der Waals surface area contributed by atoms with E-state index in [0.717, 1.165) is 11.8 Å². The van der Waals surface area contributed by atoms with E-state index in [1.807, 2.05) is 0 Å². The van der Waals surface area contributed by atoms with Gasteiger partial charge in [0.05, 0.1) is 11.4 Å². The van der Waals surface area contributed by atoms with Crippen molar-refractivity contribution in [3.63, 3.8) is 0 Å². The Morgan fingerprint density at radius 1 is 1.58 bits per heavy atom. The first-order valence-corrected chi connectivity index (χ1v) is 6.26. The Morgan fingerprint density at radius 3 is 2.95 bits per heavy atom. The normalized spacial score (nSPS) is 10.6. The number of rotatable bonds is 4. The summed E-state index contributed by atoms with van der Waals surface area (Å²) in [5.74, 6) is -1.60. The molecular formula is C11H10FN3O3S. The number of benzene rings is 1. The number of nitrogens with zero attached hydrogens (tertiary/aromatic N) is 2. The lowest BCUT2D eigenvalue weighted by Gasteiger charge is -2.06. The molecular weight excluding hydrogens is 273 g/mol. The minimum atomic E-state index is -1.01. The molecule has 0 spiro atoms. The van der Waals surface area contributed by atoms with Gasteiger partial charge in [-0.3, -0.25) is 4.79 Å². The van der Waals surface area contributed by atoms with Gasteiger partial charge in [-0.1, -0.05) is 11.8 Å². The molecule has 1 heterocycles. The molecule has 0 atom stereocenters. The summed E-state index contributed by atoms with van der Waals surface area (Å²) >= 11 is 0.908. The van der Waals surface area contributed by atoms with E-state index in [2.05, 4.69) is 10.2 Å². The summed E-state index contributed by atoms with van der Waals surface area (Å²) in [4.78, 5) is 22.2. The van der Waals surface area contributed by atoms with Crippen LogP contribution in [0.2, 0.25) is 0 Å². The quantitative estimate of drug-likeness (QED) is 0.823. The minimum absolute atomic E-state index is 0.218. The summed E-state index contributed by atoms with van der Waals surface area (Å²) in [5.41, 5.74) is 0.323. The number of carboxylic acids is 1. The Morgan fingerprint density at radius 2 is 2.32 bits per heavy atom. The number of nitrogens with one attached hydrogen (secondary N) is 1. The molecule has 1 aromatic carbocycles. The van der Waals surface area contributed by atoms with Crippen LogP contribution in [0.3, 0.4) is 0 Å². The number of hydrogen-bond donors (Lipinski definition) is 2. The van der Waals surface area contributed by atoms with Crippen molar-refractivity contribution >= 4 is 17.7 Å². The number of aromatic nitrogens is 3. The second-order valence-corrected chi connectivity index (χ2v) is 4.71. The molecule has 0 saturated carbocycles. The van der Waals surface area contributed by atoms with Crippen LogP contribution in [-0.2, 0) is 4.79 Å². The van der Waals surface area contributed by atoms with E-state index in [9.17, 15) is 14.0 Å². The van der Waals surface area contributed by atoms with Crippen molar-refractivity contribution in [1.82, 2.24) is 14.8 Å². The van der Waals surface area contributed by atoms with E-state index in [4.69, 9.17) is 5.11 Å². The molecule has 0 aliphatic rings. The highest BCUT2D eigenvalue weighted by Crippen LogP contribution is 2.19. The third-order valence-corrected chi connectivity index (χ3v) is 3.29. The first-order valence-electron chi connectivity index (χ1n) is 5.27. The van der Waals surface area contributed by atoms with Crippen LogP contribution in [0.15, 0.2) is 28.2 Å². The van der Waals surface area contributed by atoms with Crippen LogP contribution in [0.4, 0.5) is 4.39 Å². The van der Waals surface area contributed by atoms with Crippen LogP contribution < -0.4 is 5.69 Å². The fraction of sp³-hybridized carbons (Fsp3) is 0.182. The number of aryl methyl sites for hydroxylation is 1. The molecule has 19 heavy (non-hydrogen) atoms. The van der Waals surface area contributed by atoms with Crippen LogP contribution in [0, 0.1) is 12.7 Å². The van der Waals surface area contributed by atoms with Gasteiger partial charge < -0.3 is 5.11 Å². The predicted molar refractivity (Wildman–Crippen MR) is 67.2 cm³/mol. The third-order valence-electron chi connectivity index (χ3n) is 2.37. The van der Waals surface area contributed by atoms with Gasteiger partial charge in [0.1, 0.15) is 5.82 Å². The van der Waals surface area contributed by atoms with Crippen molar-refractivity contribution in [3.05, 3.63) is 40.1 Å². The van der Waals surface area contributed by atoms with Crippen LogP contribution in [0.25, 0.3) is 5.69 Å². The van der Waals surface area contributed by atoms with Gasteiger partial charge in [0.2, 0.25) is 0 Å². The van der Waals surface area contributed by atoms with Crippen molar-refractivity contribution in [2.24, 2.45) is 0 Å². The van der Waals surface area contributed by atoms with E-state index in [1.54, 1.807) is 6.92 Å². The first kappa shape index (κ1) is 13.3. The van der Waals surface area contributed by atoms with Crippen LogP contribution >= 0.6 is 11.8 Å². The van der Waals surface area contributed by atoms with E-state index in [1.165, 1.54) is 22.8 Å². The molecule has 0 unspecified atom stereocenters. The smallest absolute Gasteiger partial charge is 0.348 e. The van der Waals surface area contributed by atoms with E-state index < -0.39 is 11.7 Å². The molecule has 0 aliphatic heterocycles. The van der Waals surface area contributed by atoms with Gasteiger partial charge in [-0.05, 0) is 30.7 Å². The summed E-state index contributed by atoms with van der Waals surface area (Å²) in [7, 11) is 0. The molecule has 0 aliphatic carbocycles. The summed E-state index contributed by atoms with van der Waals surface area (Å²) in [6, 6.07) is 4.18. The first-order chi connectivity index (χ1) is 8.99. The lowest BCUT2D eigenvalue weighted by atomic mass is 10.2. The van der Waals surface area contributed by atoms with Gasteiger partial charge in [0, 0.05) is 0 Å². The van der Waals surface area contributed by atoms with E-state index in [0.29, 0.717) is 11.3 Å². The molecule has 0 fully saturated rings. The second-order valence-electron chi connectivity index (χ2n) is 3.76. The SMILES string of the molecule is Cc1cc(-n2c(SCC(=O)O)n[nH]c2=O)ccc1F. The molecule has 6 nitrogen and oxygen atoms in total. The lowest BCUT2D eigenvalue weighted by molar-refractivity contribution is -0.133. The number of hydrogen-bond acceptors (Lipinski definition) is 4. The van der Waals surface area contributed by atoms with Gasteiger partial charge in [0.25, 0.3) is 0 Å². The van der Waals surface area contributed by atoms with E-state index >= 15 is 0 Å². The number of carboxylic acid groups (broad SMARTS) is 1. The number of thioether (sulfide) groups is 1. The van der Waals surface area contributed by atoms with Gasteiger partial charge in [-0.2, -0.15) is 0 Å². The Balaban J connectivity index is 2.43. The average molecular weight is 283 g/mol. The molecule has 100 valence electrons. The molecule has 0 radical (unpaired) electrons. The Bertz CT molecular complexity index is 680. The number of H-pyrrole nitrogens is 1. The van der Waals surface area contributed by atoms with Crippen molar-refractivity contribution < 1.29 is 14.3 Å². The van der Waals surface area contributed by atoms with Gasteiger partial charge in [0.15, 0.2) is 5.16 Å². The second kappa shape index (κ2) is 5.27. The molecule has 1 aromatic heterocycles. The van der Waals surface area contributed by atoms with Gasteiger partial charge in [-0.15, -0.1) is 5.10 Å². The zero-order chi connectivity index (χ0) is 14.0. The monoisotopic (exact) mass is 283 g/mol. The maximum absolute atomic E-state index is 13.2. The average Bonchev–Trinajstić information content (AvgIpc) is 2.71. The summed E-state index contributed by atoms with van der Waals surface area (Å²) < 4.78 is 14.4. The maximum atomic E-state index is 13.2. The maximum Gasteiger partial charge on any atom is 0.348 e. The third kappa shape index (κ3) is 2.84. The van der Waals surface area contributed by atoms with Crippen molar-refractivity contribution in [2.75, 3.05) is 5.75 Å². The molecule has 0 bridgehead atoms. The zero-order valence-electron chi connectivity index (χ0n) is 9.88. The standard InChI is InChI=1S/C11H10FN3O3S/c1-6-4-7(2-3-8(6)12)15-10(18)13-14-11(15)19-5-9(16)17/h2-4H,5H2,1H3,(H,13,18)(H,16,17). The highest BCUT2D eigenvalue weighted by atomic mass is 32.2. The molecule has 0 saturated heterocycles. The fourth-order valence-electron chi connectivity index (χ4n) is 1.50. The van der Waals surface area contributed by atoms with Crippen molar-refractivity contribution in [3.8, 4) is 5.69 Å². The van der Waals surface area contributed by atoms with Crippen molar-refractivity contribution in [1.29, 1.82) is 0 Å². The van der Waals surface area contributed by atoms with E-state index in [-0.39, 0.29) is 16.7 Å². The molecule has 2 N–H and O–H groups in total. The predicted octanol–water partition coefficient (Wildman–Crippen LogP) is 1.18. The topological polar surface area (TPSA) is 88.0 Å². The Labute approximate surface area is 111 Å². The largest absolute Gasteiger partial charge is 0.481 e. The summed E-state index contributed by atoms with van der Waals surface area (Å²) in [5, 5.41) is 14.8. The van der Waals surface area contributed by atoms with Gasteiger partial charge >= 0.3 is 11.7 Å². The Kier molecular flexibility index (Phi) is 3.70. The van der Waals surface area contributed by atoms with Crippen LogP contribution in [-0.4, -0.2) is 31.6 Å². The number of aromatic amines is 1. The zero-order valence-corrected chi connectivity index (χ0v) is 10.7. The number of halogens is 1. The highest BCUT2D eigenvalue weighted by molar-refractivity contribution is 7.99. The van der Waals surface area contributed by atoms with Crippen molar-refractivity contribution in [2.45, 2.75) is 12.1 Å². The van der Waals surface area contributed by atoms with Crippen LogP contribution in [0.1, 0.15) is 5.56 Å². The lowest BCUT2D eigenvalue weighted by Crippen LogP contribution is -2.16. The summed E-state index contributed by atoms with van der Waals surface area (Å²) in [6.45, 7) is 1.58. The minimum Gasteiger partial charge on any atom is -0.481 e. The molecule has 2 rings (SSSR count). The van der Waals surface area contributed by atoms with Crippen LogP contribution in [0.5, 0.6) is 0 Å². The fourth-order valence-corrected chi connectivity index (χ4v) is 2.18. The van der Waals surface area contributed by atoms with Gasteiger partial charge in [-0.25, -0.2) is 18.9 Å². The molecule has 8 heteroatoms. The summed E-state index contributed by atoms with van der Waals surface area (Å²) in [6.07, 6.45) is 0. The molecule has 0 amide bonds. The molecule has 2 aromatic rings.